The number of carbonyl (C=O) groups excluding carboxylic acids is 1. The quantitative estimate of drug-likeness (QED) is 0.305. The van der Waals surface area contributed by atoms with E-state index in [1.807, 2.05) is 24.3 Å². The summed E-state index contributed by atoms with van der Waals surface area (Å²) in [5.41, 5.74) is 2.71. The molecule has 2 aromatic carbocycles. The third-order valence-corrected chi connectivity index (χ3v) is 9.10. The Labute approximate surface area is 254 Å². The van der Waals surface area contributed by atoms with Crippen molar-refractivity contribution in [2.45, 2.75) is 32.0 Å². The van der Waals surface area contributed by atoms with E-state index in [0.717, 1.165) is 66.7 Å². The Morgan fingerprint density at radius 1 is 0.923 bits per heavy atom. The maximum atomic E-state index is 12.7. The highest BCUT2D eigenvalue weighted by molar-refractivity contribution is 9.10. The van der Waals surface area contributed by atoms with Crippen molar-refractivity contribution in [3.8, 4) is 0 Å². The van der Waals surface area contributed by atoms with E-state index in [2.05, 4.69) is 53.1 Å². The standard InChI is InChI=1S/C29H31BrCl3N5O.H2/c30-25-16-22(29(39)35-17-21-3-6-26(32)27(33)15-21)18-34-28(25)38-13-11-37(12-14-38)24-7-9-36(10-8-24)19-20-1-4-23(31)5-2-20;/h1-6,15-16,18,24H,7-14,17,19H2,(H,35,39);1H. The molecule has 0 spiro atoms. The average Bonchev–Trinajstić information content (AvgIpc) is 2.95. The van der Waals surface area contributed by atoms with Gasteiger partial charge in [-0.25, -0.2) is 4.98 Å². The van der Waals surface area contributed by atoms with Crippen LogP contribution in [0, 0.1) is 0 Å². The Bertz CT molecular complexity index is 1300. The van der Waals surface area contributed by atoms with Crippen LogP contribution in [0.25, 0.3) is 0 Å². The van der Waals surface area contributed by atoms with Crippen LogP contribution in [0.1, 0.15) is 35.8 Å². The van der Waals surface area contributed by atoms with Gasteiger partial charge in [-0.15, -0.1) is 0 Å². The van der Waals surface area contributed by atoms with Crippen LogP contribution >= 0.6 is 50.7 Å². The minimum atomic E-state index is -0.187. The number of nitrogens with one attached hydrogen (secondary N) is 1. The van der Waals surface area contributed by atoms with Crippen LogP contribution in [0.4, 0.5) is 5.82 Å². The number of rotatable bonds is 7. The average molecular weight is 654 g/mol. The number of benzene rings is 2. The Kier molecular flexibility index (Phi) is 9.69. The lowest BCUT2D eigenvalue weighted by molar-refractivity contribution is 0.0950. The summed E-state index contributed by atoms with van der Waals surface area (Å²) in [7, 11) is 0. The normalized spacial score (nSPS) is 17.4. The summed E-state index contributed by atoms with van der Waals surface area (Å²) in [6.07, 6.45) is 4.04. The summed E-state index contributed by atoms with van der Waals surface area (Å²) in [5.74, 6) is 0.696. The molecule has 1 aromatic heterocycles. The number of piperidine rings is 1. The second kappa shape index (κ2) is 13.2. The molecule has 2 saturated heterocycles. The van der Waals surface area contributed by atoms with Crippen LogP contribution in [0.5, 0.6) is 0 Å². The number of amides is 1. The minimum absolute atomic E-state index is 0. The molecule has 3 heterocycles. The molecule has 5 rings (SSSR count). The van der Waals surface area contributed by atoms with Gasteiger partial charge < -0.3 is 10.2 Å². The van der Waals surface area contributed by atoms with Crippen LogP contribution in [0.3, 0.4) is 0 Å². The van der Waals surface area contributed by atoms with E-state index in [9.17, 15) is 4.79 Å². The summed E-state index contributed by atoms with van der Waals surface area (Å²) < 4.78 is 0.827. The van der Waals surface area contributed by atoms with E-state index in [4.69, 9.17) is 34.8 Å². The highest BCUT2D eigenvalue weighted by atomic mass is 79.9. The predicted octanol–water partition coefficient (Wildman–Crippen LogP) is 6.77. The molecule has 0 radical (unpaired) electrons. The van der Waals surface area contributed by atoms with Gasteiger partial charge >= 0.3 is 0 Å². The number of aromatic nitrogens is 1. The Morgan fingerprint density at radius 3 is 2.28 bits per heavy atom. The molecular formula is C29H33BrCl3N5O. The number of nitrogens with zero attached hydrogens (tertiary/aromatic N) is 4. The lowest BCUT2D eigenvalue weighted by Gasteiger charge is -2.43. The van der Waals surface area contributed by atoms with Gasteiger partial charge in [0.15, 0.2) is 0 Å². The molecule has 2 aliphatic heterocycles. The second-order valence-corrected chi connectivity index (χ2v) is 12.2. The molecule has 0 saturated carbocycles. The number of pyridine rings is 1. The number of likely N-dealkylation sites (tertiary alicyclic amines) is 1. The predicted molar refractivity (Wildman–Crippen MR) is 165 cm³/mol. The van der Waals surface area contributed by atoms with Crippen LogP contribution in [-0.4, -0.2) is 66.0 Å². The molecule has 2 fully saturated rings. The largest absolute Gasteiger partial charge is 0.353 e. The van der Waals surface area contributed by atoms with Crippen molar-refractivity contribution in [3.05, 3.63) is 91.0 Å². The summed E-state index contributed by atoms with van der Waals surface area (Å²) in [5, 5.41) is 4.67. The molecule has 208 valence electrons. The fraction of sp³-hybridized carbons (Fsp3) is 0.379. The Balaban J connectivity index is 0.00000370. The van der Waals surface area contributed by atoms with Gasteiger partial charge in [-0.3, -0.25) is 14.6 Å². The first-order valence-electron chi connectivity index (χ1n) is 13.2. The van der Waals surface area contributed by atoms with Crippen molar-refractivity contribution in [2.75, 3.05) is 44.2 Å². The summed E-state index contributed by atoms with van der Waals surface area (Å²) >= 11 is 21.7. The zero-order chi connectivity index (χ0) is 27.4. The number of anilines is 1. The van der Waals surface area contributed by atoms with Gasteiger partial charge in [0.25, 0.3) is 5.91 Å². The molecule has 6 nitrogen and oxygen atoms in total. The van der Waals surface area contributed by atoms with Crippen molar-refractivity contribution >= 4 is 62.5 Å². The zero-order valence-corrected chi connectivity index (χ0v) is 25.4. The molecule has 0 unspecified atom stereocenters. The van der Waals surface area contributed by atoms with Crippen LogP contribution in [-0.2, 0) is 13.1 Å². The van der Waals surface area contributed by atoms with Crippen LogP contribution < -0.4 is 10.2 Å². The highest BCUT2D eigenvalue weighted by Crippen LogP contribution is 2.28. The maximum absolute atomic E-state index is 12.7. The number of hydrogen-bond acceptors (Lipinski definition) is 5. The molecule has 1 N–H and O–H groups in total. The lowest BCUT2D eigenvalue weighted by Crippen LogP contribution is -2.53. The summed E-state index contributed by atoms with van der Waals surface area (Å²) in [4.78, 5) is 24.8. The number of piperazine rings is 1. The van der Waals surface area contributed by atoms with Gasteiger partial charge in [0.1, 0.15) is 5.82 Å². The molecular weight excluding hydrogens is 621 g/mol. The molecule has 1 amide bonds. The Hall–Kier alpha value is -1.87. The Morgan fingerprint density at radius 2 is 1.62 bits per heavy atom. The summed E-state index contributed by atoms with van der Waals surface area (Å²) in [6, 6.07) is 16.0. The van der Waals surface area contributed by atoms with Crippen LogP contribution in [0.2, 0.25) is 15.1 Å². The number of halogens is 4. The second-order valence-electron chi connectivity index (χ2n) is 10.1. The monoisotopic (exact) mass is 651 g/mol. The van der Waals surface area contributed by atoms with Gasteiger partial charge in [-0.1, -0.05) is 53.0 Å². The van der Waals surface area contributed by atoms with Gasteiger partial charge in [0.2, 0.25) is 0 Å². The summed E-state index contributed by atoms with van der Waals surface area (Å²) in [6.45, 7) is 7.45. The van der Waals surface area contributed by atoms with E-state index in [-0.39, 0.29) is 7.33 Å². The topological polar surface area (TPSA) is 51.7 Å². The fourth-order valence-electron chi connectivity index (χ4n) is 5.31. The van der Waals surface area contributed by atoms with Gasteiger partial charge in [0, 0.05) is 58.0 Å². The van der Waals surface area contributed by atoms with E-state index in [1.165, 1.54) is 18.4 Å². The van der Waals surface area contributed by atoms with E-state index >= 15 is 0 Å². The van der Waals surface area contributed by atoms with Crippen molar-refractivity contribution in [1.82, 2.24) is 20.1 Å². The SMILES string of the molecule is O=C(NCc1ccc(Cl)c(Cl)c1)c1cnc(N2CCN(C3CCN(Cc4ccc(Cl)cc4)CC3)CC2)c(Br)c1.[HH]. The number of hydrogen-bond donors (Lipinski definition) is 1. The highest BCUT2D eigenvalue weighted by Gasteiger charge is 2.28. The molecule has 0 atom stereocenters. The molecule has 10 heteroatoms. The number of carbonyl (C=O) groups is 1. The van der Waals surface area contributed by atoms with E-state index < -0.39 is 0 Å². The third-order valence-electron chi connectivity index (χ3n) is 7.53. The van der Waals surface area contributed by atoms with Crippen molar-refractivity contribution in [3.63, 3.8) is 0 Å². The van der Waals surface area contributed by atoms with Crippen molar-refractivity contribution in [1.29, 1.82) is 0 Å². The lowest BCUT2D eigenvalue weighted by atomic mass is 10.0. The van der Waals surface area contributed by atoms with Crippen molar-refractivity contribution in [2.24, 2.45) is 0 Å². The molecule has 0 aliphatic carbocycles. The third kappa shape index (κ3) is 7.46. The molecule has 0 bridgehead atoms. The van der Waals surface area contributed by atoms with E-state index in [1.54, 1.807) is 18.3 Å². The van der Waals surface area contributed by atoms with Crippen LogP contribution in [0.15, 0.2) is 59.2 Å². The smallest absolute Gasteiger partial charge is 0.253 e. The zero-order valence-electron chi connectivity index (χ0n) is 21.6. The molecule has 39 heavy (non-hydrogen) atoms. The first-order valence-corrected chi connectivity index (χ1v) is 15.1. The van der Waals surface area contributed by atoms with Gasteiger partial charge in [-0.2, -0.15) is 0 Å². The van der Waals surface area contributed by atoms with Gasteiger partial charge in [0.05, 0.1) is 20.1 Å². The fourth-order valence-corrected chi connectivity index (χ4v) is 6.36. The maximum Gasteiger partial charge on any atom is 0.253 e. The first kappa shape index (κ1) is 28.7. The molecule has 2 aliphatic rings. The van der Waals surface area contributed by atoms with Crippen molar-refractivity contribution < 1.29 is 6.22 Å². The minimum Gasteiger partial charge on any atom is -0.353 e. The van der Waals surface area contributed by atoms with Gasteiger partial charge in [-0.05, 0) is 83.3 Å². The van der Waals surface area contributed by atoms with E-state index in [0.29, 0.717) is 28.2 Å². The first-order chi connectivity index (χ1) is 18.9. The molecule has 3 aromatic rings.